The van der Waals surface area contributed by atoms with Gasteiger partial charge in [0.2, 0.25) is 0 Å². The SMILES string of the molecule is COC(=O)c1c2c(cc(OC)c1OC)C(c1ccccc1C)CNCC2. The van der Waals surface area contributed by atoms with E-state index >= 15 is 0 Å². The minimum absolute atomic E-state index is 0.122. The van der Waals surface area contributed by atoms with Gasteiger partial charge in [-0.05, 0) is 48.2 Å². The van der Waals surface area contributed by atoms with Crippen LogP contribution in [0.1, 0.15) is 38.5 Å². The fourth-order valence-corrected chi connectivity index (χ4v) is 3.78. The molecule has 26 heavy (non-hydrogen) atoms. The number of nitrogens with one attached hydrogen (secondary N) is 1. The van der Waals surface area contributed by atoms with E-state index in [0.717, 1.165) is 30.6 Å². The lowest BCUT2D eigenvalue weighted by atomic mass is 9.83. The fraction of sp³-hybridized carbons (Fsp3) is 0.381. The van der Waals surface area contributed by atoms with Gasteiger partial charge in [-0.3, -0.25) is 0 Å². The van der Waals surface area contributed by atoms with Crippen LogP contribution in [0.5, 0.6) is 11.5 Å². The number of fused-ring (bicyclic) bond motifs is 1. The Bertz CT molecular complexity index is 816. The molecule has 0 amide bonds. The zero-order chi connectivity index (χ0) is 18.7. The number of carbonyl (C=O) groups is 1. The Morgan fingerprint density at radius 3 is 2.54 bits per heavy atom. The minimum Gasteiger partial charge on any atom is -0.493 e. The molecule has 3 rings (SSSR count). The molecule has 2 aromatic carbocycles. The zero-order valence-corrected chi connectivity index (χ0v) is 15.7. The number of aryl methyl sites for hydroxylation is 1. The first kappa shape index (κ1) is 18.3. The summed E-state index contributed by atoms with van der Waals surface area (Å²) in [6.07, 6.45) is 0.725. The van der Waals surface area contributed by atoms with E-state index < -0.39 is 5.97 Å². The Balaban J connectivity index is 2.29. The van der Waals surface area contributed by atoms with Crippen molar-refractivity contribution < 1.29 is 19.0 Å². The number of ether oxygens (including phenoxy) is 3. The van der Waals surface area contributed by atoms with Gasteiger partial charge in [0, 0.05) is 12.5 Å². The predicted molar refractivity (Wildman–Crippen MR) is 100 cm³/mol. The van der Waals surface area contributed by atoms with Crippen molar-refractivity contribution in [3.8, 4) is 11.5 Å². The monoisotopic (exact) mass is 355 g/mol. The van der Waals surface area contributed by atoms with Crippen molar-refractivity contribution in [2.75, 3.05) is 34.4 Å². The van der Waals surface area contributed by atoms with Crippen LogP contribution < -0.4 is 14.8 Å². The second kappa shape index (κ2) is 7.79. The normalized spacial score (nSPS) is 16.4. The smallest absolute Gasteiger partial charge is 0.342 e. The molecule has 0 fully saturated rings. The minimum atomic E-state index is -0.401. The van der Waals surface area contributed by atoms with Crippen LogP contribution in [0.15, 0.2) is 30.3 Å². The summed E-state index contributed by atoms with van der Waals surface area (Å²) in [4.78, 5) is 12.6. The molecule has 0 radical (unpaired) electrons. The van der Waals surface area contributed by atoms with Gasteiger partial charge in [0.25, 0.3) is 0 Å². The molecule has 138 valence electrons. The average molecular weight is 355 g/mol. The molecule has 0 aromatic heterocycles. The Labute approximate surface area is 154 Å². The van der Waals surface area contributed by atoms with Crippen molar-refractivity contribution in [3.63, 3.8) is 0 Å². The Hall–Kier alpha value is -2.53. The number of carbonyl (C=O) groups excluding carboxylic acids is 1. The molecule has 1 aliphatic rings. The summed E-state index contributed by atoms with van der Waals surface area (Å²) in [5, 5.41) is 3.50. The topological polar surface area (TPSA) is 56.8 Å². The summed E-state index contributed by atoms with van der Waals surface area (Å²) in [5.41, 5.74) is 4.98. The largest absolute Gasteiger partial charge is 0.493 e. The number of methoxy groups -OCH3 is 3. The highest BCUT2D eigenvalue weighted by molar-refractivity contribution is 5.96. The fourth-order valence-electron chi connectivity index (χ4n) is 3.78. The van der Waals surface area contributed by atoms with Gasteiger partial charge in [0.05, 0.1) is 21.3 Å². The summed E-state index contributed by atoms with van der Waals surface area (Å²) >= 11 is 0. The summed E-state index contributed by atoms with van der Waals surface area (Å²) < 4.78 is 16.1. The van der Waals surface area contributed by atoms with Crippen molar-refractivity contribution in [1.29, 1.82) is 0 Å². The Morgan fingerprint density at radius 1 is 1.12 bits per heavy atom. The second-order valence-electron chi connectivity index (χ2n) is 6.41. The molecule has 5 heteroatoms. The highest BCUT2D eigenvalue weighted by Crippen LogP contribution is 2.42. The average Bonchev–Trinajstić information content (AvgIpc) is 2.88. The summed E-state index contributed by atoms with van der Waals surface area (Å²) in [5.74, 6) is 0.704. The van der Waals surface area contributed by atoms with E-state index in [1.165, 1.54) is 18.2 Å². The van der Waals surface area contributed by atoms with Gasteiger partial charge < -0.3 is 19.5 Å². The second-order valence-corrected chi connectivity index (χ2v) is 6.41. The van der Waals surface area contributed by atoms with Crippen molar-refractivity contribution in [2.45, 2.75) is 19.3 Å². The molecule has 0 saturated heterocycles. The highest BCUT2D eigenvalue weighted by atomic mass is 16.5. The molecule has 1 atom stereocenters. The van der Waals surface area contributed by atoms with Gasteiger partial charge >= 0.3 is 5.97 Å². The highest BCUT2D eigenvalue weighted by Gasteiger charge is 2.30. The van der Waals surface area contributed by atoms with Crippen LogP contribution in [0, 0.1) is 6.92 Å². The molecule has 1 unspecified atom stereocenters. The van der Waals surface area contributed by atoms with E-state index in [1.807, 2.05) is 12.1 Å². The maximum Gasteiger partial charge on any atom is 0.342 e. The summed E-state index contributed by atoms with van der Waals surface area (Å²) in [7, 11) is 4.52. The van der Waals surface area contributed by atoms with Crippen LogP contribution in [0.2, 0.25) is 0 Å². The molecular weight excluding hydrogens is 330 g/mol. The van der Waals surface area contributed by atoms with E-state index in [0.29, 0.717) is 17.1 Å². The van der Waals surface area contributed by atoms with Crippen molar-refractivity contribution in [1.82, 2.24) is 5.32 Å². The Kier molecular flexibility index (Phi) is 5.47. The van der Waals surface area contributed by atoms with E-state index in [9.17, 15) is 4.79 Å². The van der Waals surface area contributed by atoms with Crippen LogP contribution >= 0.6 is 0 Å². The molecule has 0 bridgehead atoms. The van der Waals surface area contributed by atoms with Crippen LogP contribution in [0.4, 0.5) is 0 Å². The Morgan fingerprint density at radius 2 is 1.88 bits per heavy atom. The van der Waals surface area contributed by atoms with Crippen LogP contribution in [-0.2, 0) is 11.2 Å². The molecule has 1 aliphatic heterocycles. The van der Waals surface area contributed by atoms with Crippen LogP contribution in [0.3, 0.4) is 0 Å². The van der Waals surface area contributed by atoms with E-state index in [1.54, 1.807) is 14.2 Å². The first-order valence-electron chi connectivity index (χ1n) is 8.74. The number of rotatable bonds is 4. The molecule has 0 aliphatic carbocycles. The quantitative estimate of drug-likeness (QED) is 0.854. The van der Waals surface area contributed by atoms with Gasteiger partial charge in [-0.2, -0.15) is 0 Å². The van der Waals surface area contributed by atoms with Crippen LogP contribution in [-0.4, -0.2) is 40.4 Å². The lowest BCUT2D eigenvalue weighted by Gasteiger charge is -2.24. The maximum absolute atomic E-state index is 12.6. The number of hydrogen-bond acceptors (Lipinski definition) is 5. The number of benzene rings is 2. The zero-order valence-electron chi connectivity index (χ0n) is 15.7. The van der Waals surface area contributed by atoms with E-state index in [-0.39, 0.29) is 5.92 Å². The lowest BCUT2D eigenvalue weighted by molar-refractivity contribution is 0.0595. The third-order valence-corrected chi connectivity index (χ3v) is 5.04. The van der Waals surface area contributed by atoms with E-state index in [4.69, 9.17) is 14.2 Å². The molecular formula is C21H25NO4. The standard InChI is InChI=1S/C21H25NO4/c1-13-7-5-6-8-14(13)17-12-22-10-9-15-16(17)11-18(24-2)20(25-3)19(15)21(23)26-4/h5-8,11,17,22H,9-10,12H2,1-4H3. The predicted octanol–water partition coefficient (Wildman–Crippen LogP) is 3.08. The molecule has 1 heterocycles. The molecule has 5 nitrogen and oxygen atoms in total. The molecule has 0 saturated carbocycles. The third-order valence-electron chi connectivity index (χ3n) is 5.04. The van der Waals surface area contributed by atoms with Gasteiger partial charge in [-0.1, -0.05) is 24.3 Å². The van der Waals surface area contributed by atoms with Crippen LogP contribution in [0.25, 0.3) is 0 Å². The number of hydrogen-bond donors (Lipinski definition) is 1. The maximum atomic E-state index is 12.6. The molecule has 1 N–H and O–H groups in total. The first-order valence-corrected chi connectivity index (χ1v) is 8.74. The number of esters is 1. The van der Waals surface area contributed by atoms with E-state index in [2.05, 4.69) is 30.4 Å². The third kappa shape index (κ3) is 3.15. The van der Waals surface area contributed by atoms with Gasteiger partial charge in [0.1, 0.15) is 5.56 Å². The van der Waals surface area contributed by atoms with Crippen molar-refractivity contribution >= 4 is 5.97 Å². The van der Waals surface area contributed by atoms with Gasteiger partial charge in [-0.15, -0.1) is 0 Å². The first-order chi connectivity index (χ1) is 12.6. The van der Waals surface area contributed by atoms with Crippen molar-refractivity contribution in [3.05, 3.63) is 58.1 Å². The van der Waals surface area contributed by atoms with Crippen molar-refractivity contribution in [2.24, 2.45) is 0 Å². The summed E-state index contributed by atoms with van der Waals surface area (Å²) in [6.45, 7) is 3.70. The molecule has 0 spiro atoms. The molecule has 2 aromatic rings. The lowest BCUT2D eigenvalue weighted by Crippen LogP contribution is -2.21. The van der Waals surface area contributed by atoms with Gasteiger partial charge in [0.15, 0.2) is 11.5 Å². The van der Waals surface area contributed by atoms with Gasteiger partial charge in [-0.25, -0.2) is 4.79 Å². The summed E-state index contributed by atoms with van der Waals surface area (Å²) in [6, 6.07) is 10.4.